The van der Waals surface area contributed by atoms with E-state index in [0.29, 0.717) is 8.95 Å². The predicted molar refractivity (Wildman–Crippen MR) is 80.4 cm³/mol. The summed E-state index contributed by atoms with van der Waals surface area (Å²) in [5.41, 5.74) is 6.73. The van der Waals surface area contributed by atoms with E-state index in [4.69, 9.17) is 5.73 Å². The van der Waals surface area contributed by atoms with Crippen molar-refractivity contribution in [2.45, 2.75) is 11.8 Å². The number of anilines is 2. The minimum Gasteiger partial charge on any atom is -0.394 e. The van der Waals surface area contributed by atoms with E-state index in [1.807, 2.05) is 6.92 Å². The van der Waals surface area contributed by atoms with E-state index in [1.165, 1.54) is 12.3 Å². The second-order valence-electron chi connectivity index (χ2n) is 3.84. The van der Waals surface area contributed by atoms with Crippen molar-refractivity contribution in [1.29, 1.82) is 0 Å². The van der Waals surface area contributed by atoms with Crippen molar-refractivity contribution in [2.75, 3.05) is 10.5 Å². The number of nitrogens with one attached hydrogen (secondary N) is 2. The van der Waals surface area contributed by atoms with Crippen molar-refractivity contribution >= 4 is 53.4 Å². The van der Waals surface area contributed by atoms with Crippen LogP contribution in [0.25, 0.3) is 0 Å². The van der Waals surface area contributed by atoms with Crippen molar-refractivity contribution in [3.8, 4) is 0 Å². The fraction of sp³-hybridized carbons (Fsp3) is 0.100. The van der Waals surface area contributed by atoms with Gasteiger partial charge in [0, 0.05) is 8.95 Å². The second-order valence-corrected chi connectivity index (χ2v) is 7.20. The first kappa shape index (κ1) is 14.4. The summed E-state index contributed by atoms with van der Waals surface area (Å²) < 4.78 is 28.1. The van der Waals surface area contributed by atoms with Gasteiger partial charge in [-0.3, -0.25) is 9.82 Å². The Hall–Kier alpha value is -1.06. The lowest BCUT2D eigenvalue weighted by Gasteiger charge is -2.10. The molecule has 0 bridgehead atoms. The molecule has 9 heteroatoms. The van der Waals surface area contributed by atoms with Crippen LogP contribution in [0.2, 0.25) is 0 Å². The van der Waals surface area contributed by atoms with E-state index in [1.54, 1.807) is 6.07 Å². The summed E-state index contributed by atoms with van der Waals surface area (Å²) in [6.07, 6.45) is 1.33. The van der Waals surface area contributed by atoms with Gasteiger partial charge in [-0.1, -0.05) is 15.9 Å². The molecule has 1 heterocycles. The van der Waals surface area contributed by atoms with Crippen LogP contribution in [0.3, 0.4) is 0 Å². The van der Waals surface area contributed by atoms with Gasteiger partial charge in [-0.25, -0.2) is 8.42 Å². The molecule has 0 atom stereocenters. The summed E-state index contributed by atoms with van der Waals surface area (Å²) in [5.74, 6) is 0.142. The Morgan fingerprint density at radius 3 is 2.58 bits per heavy atom. The summed E-state index contributed by atoms with van der Waals surface area (Å²) in [6.45, 7) is 1.87. The molecule has 0 unspecified atom stereocenters. The maximum absolute atomic E-state index is 12.3. The Bertz CT molecular complexity index is 727. The number of halogens is 2. The molecule has 0 aliphatic rings. The van der Waals surface area contributed by atoms with Crippen molar-refractivity contribution in [3.63, 3.8) is 0 Å². The highest BCUT2D eigenvalue weighted by molar-refractivity contribution is 9.11. The molecule has 2 rings (SSSR count). The fourth-order valence-electron chi connectivity index (χ4n) is 1.40. The molecule has 0 aliphatic heterocycles. The molecule has 0 fully saturated rings. The predicted octanol–water partition coefficient (Wildman–Crippen LogP) is 2.63. The summed E-state index contributed by atoms with van der Waals surface area (Å²) in [6, 6.07) is 3.24. The zero-order valence-electron chi connectivity index (χ0n) is 9.74. The highest BCUT2D eigenvalue weighted by Crippen LogP contribution is 2.30. The molecule has 4 N–H and O–H groups in total. The molecule has 19 heavy (non-hydrogen) atoms. The summed E-state index contributed by atoms with van der Waals surface area (Å²) in [4.78, 5) is 0.110. The molecule has 6 nitrogen and oxygen atoms in total. The molecule has 0 radical (unpaired) electrons. The van der Waals surface area contributed by atoms with Crippen LogP contribution in [-0.2, 0) is 10.0 Å². The number of nitrogens with zero attached hydrogens (tertiary/aromatic N) is 1. The number of hydrogen-bond acceptors (Lipinski definition) is 4. The van der Waals surface area contributed by atoms with Gasteiger partial charge in [-0.15, -0.1) is 0 Å². The average molecular weight is 410 g/mol. The van der Waals surface area contributed by atoms with Crippen molar-refractivity contribution in [3.05, 3.63) is 32.8 Å². The number of aromatic amines is 1. The third kappa shape index (κ3) is 2.93. The number of hydrogen-bond donors (Lipinski definition) is 3. The van der Waals surface area contributed by atoms with Crippen LogP contribution in [0.1, 0.15) is 5.56 Å². The number of nitrogens with two attached hydrogens (primary N) is 1. The minimum atomic E-state index is -3.75. The Morgan fingerprint density at radius 1 is 1.32 bits per heavy atom. The van der Waals surface area contributed by atoms with E-state index in [9.17, 15) is 8.42 Å². The topological polar surface area (TPSA) is 101 Å². The van der Waals surface area contributed by atoms with E-state index < -0.39 is 10.0 Å². The maximum Gasteiger partial charge on any atom is 0.264 e. The van der Waals surface area contributed by atoms with Gasteiger partial charge in [0.05, 0.1) is 11.9 Å². The largest absolute Gasteiger partial charge is 0.394 e. The van der Waals surface area contributed by atoms with Crippen LogP contribution in [0, 0.1) is 6.92 Å². The van der Waals surface area contributed by atoms with E-state index in [0.717, 1.165) is 5.56 Å². The number of aromatic nitrogens is 2. The SMILES string of the molecule is Cc1cc(Br)c(S(=O)(=O)Nc2[nH]ncc2N)cc1Br. The first-order valence-corrected chi connectivity index (χ1v) is 8.15. The van der Waals surface area contributed by atoms with Crippen molar-refractivity contribution < 1.29 is 8.42 Å². The first-order chi connectivity index (χ1) is 8.81. The molecule has 0 saturated heterocycles. The highest BCUT2D eigenvalue weighted by atomic mass is 79.9. The van der Waals surface area contributed by atoms with Gasteiger partial charge < -0.3 is 5.73 Å². The number of sulfonamides is 1. The minimum absolute atomic E-state index is 0.110. The maximum atomic E-state index is 12.3. The third-order valence-corrected chi connectivity index (χ3v) is 5.57. The Balaban J connectivity index is 2.46. The van der Waals surface area contributed by atoms with Gasteiger partial charge >= 0.3 is 0 Å². The smallest absolute Gasteiger partial charge is 0.264 e. The average Bonchev–Trinajstić information content (AvgIpc) is 2.69. The lowest BCUT2D eigenvalue weighted by molar-refractivity contribution is 0.600. The van der Waals surface area contributed by atoms with Gasteiger partial charge in [-0.2, -0.15) is 5.10 Å². The number of aryl methyl sites for hydroxylation is 1. The Kier molecular flexibility index (Phi) is 3.88. The van der Waals surface area contributed by atoms with Crippen molar-refractivity contribution in [1.82, 2.24) is 10.2 Å². The summed E-state index contributed by atoms with van der Waals surface area (Å²) >= 11 is 6.55. The molecule has 0 spiro atoms. The van der Waals surface area contributed by atoms with Crippen LogP contribution in [0.15, 0.2) is 32.2 Å². The van der Waals surface area contributed by atoms with E-state index in [2.05, 4.69) is 46.8 Å². The van der Waals surface area contributed by atoms with Crippen LogP contribution in [0.5, 0.6) is 0 Å². The summed E-state index contributed by atoms with van der Waals surface area (Å²) in [7, 11) is -3.75. The standard InChI is InChI=1S/C10H10Br2N4O2S/c1-5-2-7(12)9(3-6(5)11)19(17,18)16-10-8(13)4-14-15-10/h2-4H,13H2,1H3,(H2,14,15,16). The number of benzene rings is 1. The zero-order chi connectivity index (χ0) is 14.2. The number of H-pyrrole nitrogens is 1. The highest BCUT2D eigenvalue weighted by Gasteiger charge is 2.20. The molecule has 1 aromatic heterocycles. The van der Waals surface area contributed by atoms with Gasteiger partial charge in [0.2, 0.25) is 0 Å². The molecular weight excluding hydrogens is 400 g/mol. The summed E-state index contributed by atoms with van der Waals surface area (Å²) in [5, 5.41) is 6.14. The van der Waals surface area contributed by atoms with Crippen LogP contribution in [-0.4, -0.2) is 18.6 Å². The molecule has 0 saturated carbocycles. The molecule has 0 amide bonds. The molecule has 102 valence electrons. The van der Waals surface area contributed by atoms with Crippen LogP contribution < -0.4 is 10.5 Å². The van der Waals surface area contributed by atoms with Gasteiger partial charge in [0.25, 0.3) is 10.0 Å². The Labute approximate surface area is 127 Å². The van der Waals surface area contributed by atoms with E-state index >= 15 is 0 Å². The normalized spacial score (nSPS) is 11.5. The quantitative estimate of drug-likeness (QED) is 0.725. The van der Waals surface area contributed by atoms with Gasteiger partial charge in [0.15, 0.2) is 5.82 Å². The Morgan fingerprint density at radius 2 is 2.00 bits per heavy atom. The van der Waals surface area contributed by atoms with E-state index in [-0.39, 0.29) is 16.4 Å². The zero-order valence-corrected chi connectivity index (χ0v) is 13.7. The lowest BCUT2D eigenvalue weighted by atomic mass is 10.2. The molecule has 0 aliphatic carbocycles. The number of nitrogen functional groups attached to an aromatic ring is 1. The molecule has 2 aromatic rings. The van der Waals surface area contributed by atoms with Crippen LogP contribution >= 0.6 is 31.9 Å². The fourth-order valence-corrected chi connectivity index (χ4v) is 4.12. The van der Waals surface area contributed by atoms with Gasteiger partial charge in [-0.05, 0) is 40.5 Å². The number of rotatable bonds is 3. The monoisotopic (exact) mass is 408 g/mol. The molecule has 1 aromatic carbocycles. The van der Waals surface area contributed by atoms with Gasteiger partial charge in [0.1, 0.15) is 4.90 Å². The van der Waals surface area contributed by atoms with Crippen LogP contribution in [0.4, 0.5) is 11.5 Å². The second kappa shape index (κ2) is 5.14. The molecular formula is C10H10Br2N4O2S. The first-order valence-electron chi connectivity index (χ1n) is 5.08. The third-order valence-electron chi connectivity index (χ3n) is 2.41. The lowest BCUT2D eigenvalue weighted by Crippen LogP contribution is -2.15. The van der Waals surface area contributed by atoms with Crippen molar-refractivity contribution in [2.24, 2.45) is 0 Å².